The van der Waals surface area contributed by atoms with E-state index in [1.807, 2.05) is 24.3 Å². The second-order valence-corrected chi connectivity index (χ2v) is 3.35. The summed E-state index contributed by atoms with van der Waals surface area (Å²) < 4.78 is 0. The Morgan fingerprint density at radius 1 is 1.42 bits per heavy atom. The van der Waals surface area contributed by atoms with Gasteiger partial charge in [-0.05, 0) is 11.6 Å². The second kappa shape index (κ2) is 4.95. The van der Waals surface area contributed by atoms with Crippen LogP contribution in [0.25, 0.3) is 0 Å². The monoisotopic (exact) mass is 181 g/mol. The Morgan fingerprint density at radius 2 is 2.17 bits per heavy atom. The molecule has 12 heavy (non-hydrogen) atoms. The van der Waals surface area contributed by atoms with Gasteiger partial charge in [-0.15, -0.1) is 11.8 Å². The van der Waals surface area contributed by atoms with Gasteiger partial charge < -0.3 is 10.5 Å². The summed E-state index contributed by atoms with van der Waals surface area (Å²) in [5, 5.41) is 0. The summed E-state index contributed by atoms with van der Waals surface area (Å²) in [6.45, 7) is 0.530. The lowest BCUT2D eigenvalue weighted by molar-refractivity contribution is -0.105. The average Bonchev–Trinajstić information content (AvgIpc) is 2.15. The SMILES string of the molecule is NCc1ccccc1SCC=O. The molecule has 1 rings (SSSR count). The van der Waals surface area contributed by atoms with Crippen LogP contribution in [0, 0.1) is 0 Å². The van der Waals surface area contributed by atoms with E-state index in [1.54, 1.807) is 0 Å². The molecule has 1 aromatic rings. The Labute approximate surface area is 76.2 Å². The molecule has 0 saturated carbocycles. The van der Waals surface area contributed by atoms with Gasteiger partial charge in [0, 0.05) is 11.4 Å². The minimum absolute atomic E-state index is 0.497. The predicted molar refractivity (Wildman–Crippen MR) is 51.1 cm³/mol. The van der Waals surface area contributed by atoms with Crippen molar-refractivity contribution in [2.24, 2.45) is 5.73 Å². The number of carbonyl (C=O) groups excluding carboxylic acids is 1. The van der Waals surface area contributed by atoms with Crippen LogP contribution in [-0.2, 0) is 11.3 Å². The fourth-order valence-electron chi connectivity index (χ4n) is 0.937. The van der Waals surface area contributed by atoms with Gasteiger partial charge in [-0.1, -0.05) is 18.2 Å². The van der Waals surface area contributed by atoms with Crippen LogP contribution in [0.2, 0.25) is 0 Å². The molecule has 3 heteroatoms. The molecule has 0 amide bonds. The van der Waals surface area contributed by atoms with Gasteiger partial charge in [0.15, 0.2) is 0 Å². The van der Waals surface area contributed by atoms with Gasteiger partial charge in [-0.2, -0.15) is 0 Å². The molecule has 0 aliphatic rings. The van der Waals surface area contributed by atoms with Crippen molar-refractivity contribution in [1.82, 2.24) is 0 Å². The van der Waals surface area contributed by atoms with Gasteiger partial charge in [0.05, 0.1) is 5.75 Å². The maximum absolute atomic E-state index is 10.1. The summed E-state index contributed by atoms with van der Waals surface area (Å²) >= 11 is 1.52. The van der Waals surface area contributed by atoms with E-state index in [0.29, 0.717) is 12.3 Å². The highest BCUT2D eigenvalue weighted by Crippen LogP contribution is 2.20. The van der Waals surface area contributed by atoms with E-state index in [1.165, 1.54) is 11.8 Å². The Hall–Kier alpha value is -0.800. The molecule has 0 aliphatic carbocycles. The first-order valence-corrected chi connectivity index (χ1v) is 4.71. The highest BCUT2D eigenvalue weighted by molar-refractivity contribution is 8.00. The maximum atomic E-state index is 10.1. The number of rotatable bonds is 4. The predicted octanol–water partition coefficient (Wildman–Crippen LogP) is 1.44. The standard InChI is InChI=1S/C9H11NOS/c10-7-8-3-1-2-4-9(8)12-6-5-11/h1-5H,6-7,10H2. The number of nitrogens with two attached hydrogens (primary N) is 1. The zero-order valence-electron chi connectivity index (χ0n) is 6.69. The van der Waals surface area contributed by atoms with Crippen molar-refractivity contribution in [1.29, 1.82) is 0 Å². The van der Waals surface area contributed by atoms with Gasteiger partial charge in [0.2, 0.25) is 0 Å². The molecule has 64 valence electrons. The van der Waals surface area contributed by atoms with Gasteiger partial charge in [-0.25, -0.2) is 0 Å². The van der Waals surface area contributed by atoms with E-state index < -0.39 is 0 Å². The lowest BCUT2D eigenvalue weighted by Gasteiger charge is -2.03. The van der Waals surface area contributed by atoms with E-state index in [9.17, 15) is 4.79 Å². The summed E-state index contributed by atoms with van der Waals surface area (Å²) in [5.74, 6) is 0.497. The number of hydrogen-bond donors (Lipinski definition) is 1. The Kier molecular flexibility index (Phi) is 3.84. The highest BCUT2D eigenvalue weighted by Gasteiger charge is 1.98. The van der Waals surface area contributed by atoms with E-state index in [4.69, 9.17) is 5.73 Å². The molecule has 2 N–H and O–H groups in total. The smallest absolute Gasteiger partial charge is 0.130 e. The van der Waals surface area contributed by atoms with Gasteiger partial charge in [0.1, 0.15) is 6.29 Å². The Balaban J connectivity index is 2.74. The molecular formula is C9H11NOS. The lowest BCUT2D eigenvalue weighted by atomic mass is 10.2. The van der Waals surface area contributed by atoms with Crippen molar-refractivity contribution in [2.75, 3.05) is 5.75 Å². The number of aldehydes is 1. The topological polar surface area (TPSA) is 43.1 Å². The molecule has 1 aromatic carbocycles. The largest absolute Gasteiger partial charge is 0.326 e. The third-order valence-electron chi connectivity index (χ3n) is 1.50. The van der Waals surface area contributed by atoms with Crippen LogP contribution < -0.4 is 5.73 Å². The zero-order valence-corrected chi connectivity index (χ0v) is 7.51. The zero-order chi connectivity index (χ0) is 8.81. The summed E-state index contributed by atoms with van der Waals surface area (Å²) in [4.78, 5) is 11.2. The molecule has 0 aromatic heterocycles. The van der Waals surface area contributed by atoms with E-state index in [-0.39, 0.29) is 0 Å². The van der Waals surface area contributed by atoms with Crippen LogP contribution in [0.1, 0.15) is 5.56 Å². The minimum atomic E-state index is 0.497. The van der Waals surface area contributed by atoms with Crippen molar-refractivity contribution >= 4 is 18.0 Å². The fraction of sp³-hybridized carbons (Fsp3) is 0.222. The molecule has 0 saturated heterocycles. The summed E-state index contributed by atoms with van der Waals surface area (Å²) in [5.41, 5.74) is 6.62. The van der Waals surface area contributed by atoms with Gasteiger partial charge in [-0.3, -0.25) is 0 Å². The number of benzene rings is 1. The summed E-state index contributed by atoms with van der Waals surface area (Å²) in [6, 6.07) is 7.86. The molecule has 0 atom stereocenters. The number of hydrogen-bond acceptors (Lipinski definition) is 3. The molecule has 0 spiro atoms. The first-order valence-electron chi connectivity index (χ1n) is 3.73. The van der Waals surface area contributed by atoms with E-state index in [0.717, 1.165) is 16.7 Å². The highest BCUT2D eigenvalue weighted by atomic mass is 32.2. The summed E-state index contributed by atoms with van der Waals surface area (Å²) in [7, 11) is 0. The third-order valence-corrected chi connectivity index (χ3v) is 2.51. The lowest BCUT2D eigenvalue weighted by Crippen LogP contribution is -1.98. The molecule has 0 fully saturated rings. The second-order valence-electron chi connectivity index (χ2n) is 2.29. The number of carbonyl (C=O) groups is 1. The first-order chi connectivity index (χ1) is 5.88. The van der Waals surface area contributed by atoms with Crippen molar-refractivity contribution in [3.63, 3.8) is 0 Å². The van der Waals surface area contributed by atoms with Crippen molar-refractivity contribution in [3.05, 3.63) is 29.8 Å². The molecule has 2 nitrogen and oxygen atoms in total. The summed E-state index contributed by atoms with van der Waals surface area (Å²) in [6.07, 6.45) is 0.901. The van der Waals surface area contributed by atoms with Crippen LogP contribution in [0.5, 0.6) is 0 Å². The first kappa shape index (κ1) is 9.29. The molecule has 0 aliphatic heterocycles. The molecule has 0 unspecified atom stereocenters. The van der Waals surface area contributed by atoms with Crippen molar-refractivity contribution < 1.29 is 4.79 Å². The van der Waals surface area contributed by atoms with Gasteiger partial charge >= 0.3 is 0 Å². The molecule has 0 heterocycles. The molecule has 0 radical (unpaired) electrons. The Morgan fingerprint density at radius 3 is 2.83 bits per heavy atom. The third kappa shape index (κ3) is 2.36. The van der Waals surface area contributed by atoms with Gasteiger partial charge in [0.25, 0.3) is 0 Å². The van der Waals surface area contributed by atoms with Crippen LogP contribution in [0.15, 0.2) is 29.2 Å². The number of thioether (sulfide) groups is 1. The van der Waals surface area contributed by atoms with E-state index in [2.05, 4.69) is 0 Å². The van der Waals surface area contributed by atoms with Crippen LogP contribution in [0.3, 0.4) is 0 Å². The van der Waals surface area contributed by atoms with Crippen LogP contribution >= 0.6 is 11.8 Å². The maximum Gasteiger partial charge on any atom is 0.130 e. The molecule has 0 bridgehead atoms. The molecular weight excluding hydrogens is 170 g/mol. The van der Waals surface area contributed by atoms with Crippen LogP contribution in [-0.4, -0.2) is 12.0 Å². The van der Waals surface area contributed by atoms with Crippen molar-refractivity contribution in [3.8, 4) is 0 Å². The minimum Gasteiger partial charge on any atom is -0.326 e. The quantitative estimate of drug-likeness (QED) is 0.564. The van der Waals surface area contributed by atoms with E-state index >= 15 is 0 Å². The Bertz CT molecular complexity index is 262. The normalized spacial score (nSPS) is 9.75. The average molecular weight is 181 g/mol. The fourth-order valence-corrected chi connectivity index (χ4v) is 1.70. The van der Waals surface area contributed by atoms with Crippen molar-refractivity contribution in [2.45, 2.75) is 11.4 Å². The van der Waals surface area contributed by atoms with Crippen LogP contribution in [0.4, 0.5) is 0 Å².